The monoisotopic (exact) mass is 274 g/mol. The minimum Gasteiger partial charge on any atom is -0.438 e. The van der Waals surface area contributed by atoms with Crippen molar-refractivity contribution in [1.29, 1.82) is 5.26 Å². The average Bonchev–Trinajstić information content (AvgIpc) is 2.50. The van der Waals surface area contributed by atoms with Crippen molar-refractivity contribution in [3.63, 3.8) is 0 Å². The lowest BCUT2D eigenvalue weighted by atomic mass is 10.1. The van der Waals surface area contributed by atoms with Crippen LogP contribution in [0.15, 0.2) is 48.5 Å². The van der Waals surface area contributed by atoms with Crippen molar-refractivity contribution < 1.29 is 4.74 Å². The minimum absolute atomic E-state index is 0.347. The molecule has 0 bridgehead atoms. The van der Waals surface area contributed by atoms with Crippen LogP contribution in [0.3, 0.4) is 0 Å². The van der Waals surface area contributed by atoms with Crippen molar-refractivity contribution in [2.75, 3.05) is 0 Å². The van der Waals surface area contributed by atoms with Gasteiger partial charge in [0.15, 0.2) is 0 Å². The number of para-hydroxylation sites is 1. The maximum atomic E-state index is 9.28. The lowest BCUT2D eigenvalue weighted by Crippen LogP contribution is -1.94. The van der Waals surface area contributed by atoms with Crippen LogP contribution in [-0.2, 0) is 0 Å². The van der Waals surface area contributed by atoms with Gasteiger partial charge < -0.3 is 4.74 Å². The van der Waals surface area contributed by atoms with E-state index in [1.54, 1.807) is 6.07 Å². The van der Waals surface area contributed by atoms with Crippen molar-refractivity contribution in [3.05, 3.63) is 65.2 Å². The predicted molar refractivity (Wildman–Crippen MR) is 82.4 cm³/mol. The van der Waals surface area contributed by atoms with Gasteiger partial charge in [0, 0.05) is 5.39 Å². The van der Waals surface area contributed by atoms with Crippen molar-refractivity contribution >= 4 is 10.9 Å². The Morgan fingerprint density at radius 1 is 1.00 bits per heavy atom. The first-order valence-electron chi connectivity index (χ1n) is 6.72. The molecule has 0 saturated heterocycles. The lowest BCUT2D eigenvalue weighted by molar-refractivity contribution is 0.463. The van der Waals surface area contributed by atoms with E-state index in [2.05, 4.69) is 11.1 Å². The molecule has 102 valence electrons. The molecule has 1 heterocycles. The van der Waals surface area contributed by atoms with Gasteiger partial charge in [0.1, 0.15) is 17.4 Å². The van der Waals surface area contributed by atoms with Gasteiger partial charge in [-0.15, -0.1) is 0 Å². The molecule has 3 nitrogen and oxygen atoms in total. The number of benzene rings is 2. The molecule has 0 aliphatic rings. The minimum atomic E-state index is 0.347. The first-order chi connectivity index (χ1) is 10.2. The molecule has 0 amide bonds. The highest BCUT2D eigenvalue weighted by Crippen LogP contribution is 2.27. The van der Waals surface area contributed by atoms with Crippen LogP contribution in [-0.4, -0.2) is 4.98 Å². The summed E-state index contributed by atoms with van der Waals surface area (Å²) in [7, 11) is 0. The summed E-state index contributed by atoms with van der Waals surface area (Å²) in [5.74, 6) is 1.04. The van der Waals surface area contributed by atoms with E-state index in [-0.39, 0.29) is 0 Å². The molecule has 0 atom stereocenters. The Kier molecular flexibility index (Phi) is 3.29. The van der Waals surface area contributed by atoms with Crippen LogP contribution < -0.4 is 4.74 Å². The van der Waals surface area contributed by atoms with Gasteiger partial charge in [-0.05, 0) is 49.2 Å². The molecular formula is C18H14N2O. The molecule has 2 aromatic carbocycles. The zero-order valence-electron chi connectivity index (χ0n) is 11.9. The molecule has 0 radical (unpaired) electrons. The number of nitriles is 1. The van der Waals surface area contributed by atoms with Crippen LogP contribution in [0.1, 0.15) is 16.7 Å². The quantitative estimate of drug-likeness (QED) is 0.690. The highest BCUT2D eigenvalue weighted by atomic mass is 16.5. The Labute approximate surface area is 123 Å². The zero-order valence-corrected chi connectivity index (χ0v) is 11.9. The Balaban J connectivity index is 2.06. The number of fused-ring (bicyclic) bond motifs is 1. The van der Waals surface area contributed by atoms with Crippen molar-refractivity contribution in [2.24, 2.45) is 0 Å². The molecule has 3 rings (SSSR count). The van der Waals surface area contributed by atoms with E-state index in [0.717, 1.165) is 16.5 Å². The van der Waals surface area contributed by atoms with E-state index >= 15 is 0 Å². The molecule has 3 heteroatoms. The second-order valence-electron chi connectivity index (χ2n) is 4.99. The summed E-state index contributed by atoms with van der Waals surface area (Å²) in [6, 6.07) is 17.5. The second-order valence-corrected chi connectivity index (χ2v) is 4.99. The van der Waals surface area contributed by atoms with Crippen molar-refractivity contribution in [3.8, 4) is 17.7 Å². The number of hydrogen-bond acceptors (Lipinski definition) is 3. The van der Waals surface area contributed by atoms with Gasteiger partial charge in [0.25, 0.3) is 0 Å². The van der Waals surface area contributed by atoms with Crippen LogP contribution in [0.25, 0.3) is 10.9 Å². The van der Waals surface area contributed by atoms with E-state index < -0.39 is 0 Å². The fourth-order valence-corrected chi connectivity index (χ4v) is 2.15. The third-order valence-corrected chi connectivity index (χ3v) is 3.50. The average molecular weight is 274 g/mol. The van der Waals surface area contributed by atoms with Crippen LogP contribution in [0.4, 0.5) is 0 Å². The van der Waals surface area contributed by atoms with E-state index in [9.17, 15) is 5.26 Å². The van der Waals surface area contributed by atoms with E-state index in [1.807, 2.05) is 56.3 Å². The topological polar surface area (TPSA) is 45.9 Å². The summed E-state index contributed by atoms with van der Waals surface area (Å²) >= 11 is 0. The van der Waals surface area contributed by atoms with Gasteiger partial charge in [-0.2, -0.15) is 5.26 Å². The normalized spacial score (nSPS) is 10.3. The van der Waals surface area contributed by atoms with Crippen LogP contribution >= 0.6 is 0 Å². The van der Waals surface area contributed by atoms with E-state index in [1.165, 1.54) is 5.56 Å². The van der Waals surface area contributed by atoms with Crippen LogP contribution in [0.5, 0.6) is 11.6 Å². The van der Waals surface area contributed by atoms with E-state index in [0.29, 0.717) is 17.2 Å². The number of aromatic nitrogens is 1. The Morgan fingerprint density at radius 2 is 1.81 bits per heavy atom. The van der Waals surface area contributed by atoms with Crippen molar-refractivity contribution in [1.82, 2.24) is 4.98 Å². The summed E-state index contributed by atoms with van der Waals surface area (Å²) in [4.78, 5) is 4.45. The summed E-state index contributed by atoms with van der Waals surface area (Å²) in [6.45, 7) is 4.08. The molecular weight excluding hydrogens is 260 g/mol. The summed E-state index contributed by atoms with van der Waals surface area (Å²) in [5, 5.41) is 10.2. The highest BCUT2D eigenvalue weighted by Gasteiger charge is 2.09. The lowest BCUT2D eigenvalue weighted by Gasteiger charge is -2.09. The molecule has 0 unspecified atom stereocenters. The maximum absolute atomic E-state index is 9.28. The third kappa shape index (κ3) is 2.56. The molecule has 3 aromatic rings. The van der Waals surface area contributed by atoms with Crippen molar-refractivity contribution in [2.45, 2.75) is 13.8 Å². The molecule has 0 saturated carbocycles. The molecule has 0 aliphatic carbocycles. The molecule has 0 aliphatic heterocycles. The predicted octanol–water partition coefficient (Wildman–Crippen LogP) is 4.52. The summed E-state index contributed by atoms with van der Waals surface area (Å²) in [5.41, 5.74) is 3.60. The molecule has 0 spiro atoms. The standard InChI is InChI=1S/C18H14N2O/c1-12-7-8-16(9-13(12)2)21-18-15(11-19)10-14-5-3-4-6-17(14)20-18/h3-10H,1-2H3. The van der Waals surface area contributed by atoms with Gasteiger partial charge in [-0.3, -0.25) is 0 Å². The first kappa shape index (κ1) is 13.1. The van der Waals surface area contributed by atoms with Gasteiger partial charge in [-0.1, -0.05) is 24.3 Å². The van der Waals surface area contributed by atoms with E-state index in [4.69, 9.17) is 4.74 Å². The van der Waals surface area contributed by atoms with Gasteiger partial charge in [-0.25, -0.2) is 4.98 Å². The molecule has 1 aromatic heterocycles. The number of hydrogen-bond donors (Lipinski definition) is 0. The Bertz CT molecular complexity index is 863. The van der Waals surface area contributed by atoms with Crippen LogP contribution in [0, 0.1) is 25.2 Å². The fourth-order valence-electron chi connectivity index (χ4n) is 2.15. The molecule has 0 N–H and O–H groups in total. The number of aryl methyl sites for hydroxylation is 2. The van der Waals surface area contributed by atoms with Gasteiger partial charge in [0.05, 0.1) is 5.52 Å². The first-order valence-corrected chi connectivity index (χ1v) is 6.72. The zero-order chi connectivity index (χ0) is 14.8. The van der Waals surface area contributed by atoms with Gasteiger partial charge in [0.2, 0.25) is 5.88 Å². The second kappa shape index (κ2) is 5.26. The maximum Gasteiger partial charge on any atom is 0.237 e. The third-order valence-electron chi connectivity index (χ3n) is 3.50. The highest BCUT2D eigenvalue weighted by molar-refractivity contribution is 5.81. The number of nitrogens with zero attached hydrogens (tertiary/aromatic N) is 2. The summed E-state index contributed by atoms with van der Waals surface area (Å²) < 4.78 is 5.81. The Hall–Kier alpha value is -2.86. The van der Waals surface area contributed by atoms with Gasteiger partial charge >= 0.3 is 0 Å². The molecule has 0 fully saturated rings. The largest absolute Gasteiger partial charge is 0.438 e. The number of rotatable bonds is 2. The summed E-state index contributed by atoms with van der Waals surface area (Å²) in [6.07, 6.45) is 0. The fraction of sp³-hybridized carbons (Fsp3) is 0.111. The smallest absolute Gasteiger partial charge is 0.237 e. The Morgan fingerprint density at radius 3 is 2.57 bits per heavy atom. The van der Waals surface area contributed by atoms with Crippen LogP contribution in [0.2, 0.25) is 0 Å². The number of pyridine rings is 1. The SMILES string of the molecule is Cc1ccc(Oc2nc3ccccc3cc2C#N)cc1C. The number of ether oxygens (including phenoxy) is 1. The molecule has 21 heavy (non-hydrogen) atoms.